The molecule has 5 heteroatoms. The molecule has 0 saturated carbocycles. The molecule has 0 aliphatic rings. The second-order valence-corrected chi connectivity index (χ2v) is 16.0. The highest BCUT2D eigenvalue weighted by Crippen LogP contribution is 2.42. The summed E-state index contributed by atoms with van der Waals surface area (Å²) in [6, 6.07) is 75.6. The Morgan fingerprint density at radius 1 is 0.258 bits per heavy atom. The molecule has 62 heavy (non-hydrogen) atoms. The molecule has 0 fully saturated rings. The Morgan fingerprint density at radius 2 is 0.710 bits per heavy atom. The monoisotopic (exact) mass is 789 g/mol. The minimum absolute atomic E-state index is 0.617. The highest BCUT2D eigenvalue weighted by molar-refractivity contribution is 6.25. The fourth-order valence-corrected chi connectivity index (χ4v) is 9.81. The summed E-state index contributed by atoms with van der Waals surface area (Å²) in [5.41, 5.74) is 9.56. The lowest BCUT2D eigenvalue weighted by atomic mass is 9.93. The summed E-state index contributed by atoms with van der Waals surface area (Å²) in [6.45, 7) is 0. The van der Waals surface area contributed by atoms with Gasteiger partial charge in [0, 0.05) is 43.9 Å². The van der Waals surface area contributed by atoms with Crippen molar-refractivity contribution in [2.24, 2.45) is 0 Å². The molecule has 0 amide bonds. The first-order valence-corrected chi connectivity index (χ1v) is 21.0. The maximum Gasteiger partial charge on any atom is 0.164 e. The van der Waals surface area contributed by atoms with Gasteiger partial charge in [-0.3, -0.25) is 0 Å². The van der Waals surface area contributed by atoms with Gasteiger partial charge in [-0.2, -0.15) is 0 Å². The molecule has 288 valence electrons. The fourth-order valence-electron chi connectivity index (χ4n) is 9.81. The van der Waals surface area contributed by atoms with Crippen LogP contribution in [0.5, 0.6) is 0 Å². The molecule has 10 aromatic carbocycles. The number of hydrogen-bond acceptors (Lipinski definition) is 3. The Bertz CT molecular complexity index is 3830. The van der Waals surface area contributed by atoms with Crippen molar-refractivity contribution in [2.75, 3.05) is 0 Å². The zero-order valence-electron chi connectivity index (χ0n) is 33.4. The first-order chi connectivity index (χ1) is 30.8. The number of fused-ring (bicyclic) bond motifs is 12. The van der Waals surface area contributed by atoms with Crippen molar-refractivity contribution in [2.45, 2.75) is 0 Å². The number of hydrogen-bond donors (Lipinski definition) is 0. The third-order valence-corrected chi connectivity index (χ3v) is 12.5. The number of rotatable bonds is 5. The second kappa shape index (κ2) is 13.6. The number of para-hydroxylation sites is 3. The van der Waals surface area contributed by atoms with Gasteiger partial charge in [0.15, 0.2) is 17.5 Å². The van der Waals surface area contributed by atoms with Crippen molar-refractivity contribution in [3.8, 4) is 45.5 Å². The van der Waals surface area contributed by atoms with Crippen LogP contribution in [-0.2, 0) is 0 Å². The lowest BCUT2D eigenvalue weighted by molar-refractivity contribution is 1.07. The average Bonchev–Trinajstić information content (AvgIpc) is 3.87. The second-order valence-electron chi connectivity index (χ2n) is 16.0. The van der Waals surface area contributed by atoms with E-state index in [-0.39, 0.29) is 0 Å². The molecule has 0 aliphatic carbocycles. The standard InChI is InChI=1S/C57H35N5/c1-3-16-36(17-4-1)55-58-56(37-30-32-44-42-22-8-7-20-40(42)41-21-9-10-23-43(41)48(44)34-37)60-57(59-55)38-31-33-47-53(35-38)61(39-18-5-2-6-19-39)51-28-15-29-52(54(47)51)62-49-26-13-11-24-45(49)46-25-12-14-27-50(46)62/h1-35H. The van der Waals surface area contributed by atoms with Crippen LogP contribution < -0.4 is 0 Å². The van der Waals surface area contributed by atoms with Gasteiger partial charge in [0.05, 0.1) is 27.8 Å². The van der Waals surface area contributed by atoms with E-state index in [0.29, 0.717) is 17.5 Å². The van der Waals surface area contributed by atoms with Gasteiger partial charge in [-0.05, 0) is 80.8 Å². The zero-order chi connectivity index (χ0) is 40.7. The molecule has 0 radical (unpaired) electrons. The van der Waals surface area contributed by atoms with E-state index < -0.39 is 0 Å². The minimum atomic E-state index is 0.617. The van der Waals surface area contributed by atoms with Gasteiger partial charge in [-0.1, -0.05) is 164 Å². The van der Waals surface area contributed by atoms with Crippen LogP contribution in [0.25, 0.3) is 121 Å². The van der Waals surface area contributed by atoms with E-state index in [1.54, 1.807) is 0 Å². The summed E-state index contributed by atoms with van der Waals surface area (Å²) in [4.78, 5) is 15.7. The summed E-state index contributed by atoms with van der Waals surface area (Å²) in [5, 5.41) is 12.1. The maximum atomic E-state index is 5.30. The largest absolute Gasteiger partial charge is 0.309 e. The summed E-state index contributed by atoms with van der Waals surface area (Å²) in [6.07, 6.45) is 0. The average molecular weight is 790 g/mol. The van der Waals surface area contributed by atoms with Crippen molar-refractivity contribution in [1.29, 1.82) is 0 Å². The van der Waals surface area contributed by atoms with E-state index in [9.17, 15) is 0 Å². The SMILES string of the molecule is c1ccc(-c2nc(-c3ccc4c5ccccc5c5ccccc5c4c3)nc(-c3ccc4c5c(-n6c7ccccc7c7ccccc76)cccc5n(-c5ccccc5)c4c3)n2)cc1. The number of aromatic nitrogens is 5. The smallest absolute Gasteiger partial charge is 0.164 e. The summed E-state index contributed by atoms with van der Waals surface area (Å²) < 4.78 is 4.81. The lowest BCUT2D eigenvalue weighted by Crippen LogP contribution is -2.00. The van der Waals surface area contributed by atoms with Crippen molar-refractivity contribution < 1.29 is 0 Å². The molecule has 3 heterocycles. The molecule has 0 unspecified atom stereocenters. The molecule has 13 aromatic rings. The Balaban J connectivity index is 1.06. The van der Waals surface area contributed by atoms with Gasteiger partial charge in [0.1, 0.15) is 0 Å². The molecular weight excluding hydrogens is 755 g/mol. The molecule has 13 rings (SSSR count). The molecule has 0 bridgehead atoms. The van der Waals surface area contributed by atoms with E-state index >= 15 is 0 Å². The third-order valence-electron chi connectivity index (χ3n) is 12.5. The van der Waals surface area contributed by atoms with E-state index in [1.165, 1.54) is 59.5 Å². The Kier molecular flexibility index (Phi) is 7.54. The van der Waals surface area contributed by atoms with Crippen LogP contribution in [0.3, 0.4) is 0 Å². The molecule has 0 atom stereocenters. The maximum absolute atomic E-state index is 5.30. The van der Waals surface area contributed by atoms with Crippen LogP contribution in [-0.4, -0.2) is 24.1 Å². The molecule has 0 aliphatic heterocycles. The highest BCUT2D eigenvalue weighted by Gasteiger charge is 2.21. The fraction of sp³-hybridized carbons (Fsp3) is 0. The van der Waals surface area contributed by atoms with Gasteiger partial charge in [-0.25, -0.2) is 15.0 Å². The van der Waals surface area contributed by atoms with Crippen LogP contribution in [0.15, 0.2) is 212 Å². The van der Waals surface area contributed by atoms with Crippen molar-refractivity contribution in [3.05, 3.63) is 212 Å². The topological polar surface area (TPSA) is 48.5 Å². The van der Waals surface area contributed by atoms with E-state index in [0.717, 1.165) is 44.5 Å². The summed E-state index contributed by atoms with van der Waals surface area (Å²) >= 11 is 0. The Labute approximate surface area is 356 Å². The Morgan fingerprint density at radius 3 is 1.32 bits per heavy atom. The first kappa shape index (κ1) is 34.5. The van der Waals surface area contributed by atoms with Crippen LogP contribution >= 0.6 is 0 Å². The van der Waals surface area contributed by atoms with Crippen LogP contribution in [0.2, 0.25) is 0 Å². The van der Waals surface area contributed by atoms with Gasteiger partial charge >= 0.3 is 0 Å². The van der Waals surface area contributed by atoms with Gasteiger partial charge in [0.2, 0.25) is 0 Å². The first-order valence-electron chi connectivity index (χ1n) is 21.0. The van der Waals surface area contributed by atoms with E-state index in [2.05, 4.69) is 203 Å². The normalized spacial score (nSPS) is 11.9. The predicted molar refractivity (Wildman–Crippen MR) is 257 cm³/mol. The van der Waals surface area contributed by atoms with Crippen LogP contribution in [0, 0.1) is 0 Å². The van der Waals surface area contributed by atoms with Crippen molar-refractivity contribution in [1.82, 2.24) is 24.1 Å². The quantitative estimate of drug-likeness (QED) is 0.163. The zero-order valence-corrected chi connectivity index (χ0v) is 33.4. The lowest BCUT2D eigenvalue weighted by Gasteiger charge is -2.13. The number of benzene rings is 10. The molecule has 5 nitrogen and oxygen atoms in total. The molecule has 0 N–H and O–H groups in total. The molecular formula is C57H35N5. The van der Waals surface area contributed by atoms with E-state index in [4.69, 9.17) is 15.0 Å². The predicted octanol–water partition coefficient (Wildman–Crippen LogP) is 14.5. The van der Waals surface area contributed by atoms with Crippen molar-refractivity contribution >= 4 is 75.9 Å². The van der Waals surface area contributed by atoms with E-state index in [1.807, 2.05) is 18.2 Å². The Hall–Kier alpha value is -8.41. The van der Waals surface area contributed by atoms with Gasteiger partial charge in [0.25, 0.3) is 0 Å². The van der Waals surface area contributed by atoms with Crippen LogP contribution in [0.1, 0.15) is 0 Å². The summed E-state index contributed by atoms with van der Waals surface area (Å²) in [5.74, 6) is 1.88. The van der Waals surface area contributed by atoms with Crippen molar-refractivity contribution in [3.63, 3.8) is 0 Å². The molecule has 3 aromatic heterocycles. The van der Waals surface area contributed by atoms with Crippen LogP contribution in [0.4, 0.5) is 0 Å². The molecule has 0 spiro atoms. The van der Waals surface area contributed by atoms with Gasteiger partial charge < -0.3 is 9.13 Å². The highest BCUT2D eigenvalue weighted by atomic mass is 15.0. The third kappa shape index (κ3) is 5.18. The number of nitrogens with zero attached hydrogens (tertiary/aromatic N) is 5. The summed E-state index contributed by atoms with van der Waals surface area (Å²) in [7, 11) is 0. The molecule has 0 saturated heterocycles. The van der Waals surface area contributed by atoms with Gasteiger partial charge in [-0.15, -0.1) is 0 Å². The minimum Gasteiger partial charge on any atom is -0.309 e.